The first-order valence-corrected chi connectivity index (χ1v) is 4.41. The molecule has 0 saturated carbocycles. The zero-order valence-corrected chi connectivity index (χ0v) is 7.60. The first-order valence-electron chi connectivity index (χ1n) is 4.41. The van der Waals surface area contributed by atoms with E-state index in [9.17, 15) is 0 Å². The monoisotopic (exact) mass is 172 g/mol. The summed E-state index contributed by atoms with van der Waals surface area (Å²) in [7, 11) is 0. The van der Waals surface area contributed by atoms with Crippen molar-refractivity contribution >= 4 is 0 Å². The molecular weight excluding hydrogens is 160 g/mol. The van der Waals surface area contributed by atoms with Gasteiger partial charge in [0.2, 0.25) is 0 Å². The molecule has 1 aliphatic heterocycles. The molecule has 66 valence electrons. The molecule has 0 bridgehead atoms. The van der Waals surface area contributed by atoms with Gasteiger partial charge in [0.1, 0.15) is 6.10 Å². The van der Waals surface area contributed by atoms with E-state index in [1.54, 1.807) is 6.26 Å². The van der Waals surface area contributed by atoms with Gasteiger partial charge in [0.25, 0.3) is 0 Å². The summed E-state index contributed by atoms with van der Waals surface area (Å²) >= 11 is 0. The maximum atomic E-state index is 5.48. The minimum absolute atomic E-state index is 0.0891. The Hall–Kier alpha value is -1.50. The maximum absolute atomic E-state index is 5.48. The van der Waals surface area contributed by atoms with Gasteiger partial charge in [-0.2, -0.15) is 0 Å². The van der Waals surface area contributed by atoms with Gasteiger partial charge < -0.3 is 4.74 Å². The summed E-state index contributed by atoms with van der Waals surface area (Å²) in [5.74, 6) is 0. The van der Waals surface area contributed by atoms with Gasteiger partial charge in [0, 0.05) is 0 Å². The topological polar surface area (TPSA) is 9.23 Å². The average Bonchev–Trinajstić information content (AvgIpc) is 2.19. The number of hydrogen-bond acceptors (Lipinski definition) is 1. The molecule has 1 nitrogen and oxygen atoms in total. The van der Waals surface area contributed by atoms with Crippen molar-refractivity contribution in [2.45, 2.75) is 13.0 Å². The van der Waals surface area contributed by atoms with Crippen LogP contribution in [0.4, 0.5) is 0 Å². The average molecular weight is 172 g/mol. The molecule has 0 N–H and O–H groups in total. The molecular formula is C12H12O. The Bertz CT molecular complexity index is 335. The van der Waals surface area contributed by atoms with Crippen LogP contribution in [0.5, 0.6) is 0 Å². The SMILES string of the molecule is CC1=CC(c2ccccc2)OC=C1. The summed E-state index contributed by atoms with van der Waals surface area (Å²) in [4.78, 5) is 0. The molecule has 0 aliphatic carbocycles. The fourth-order valence-electron chi connectivity index (χ4n) is 1.38. The normalized spacial score (nSPS) is 20.7. The van der Waals surface area contributed by atoms with Crippen molar-refractivity contribution < 1.29 is 4.74 Å². The zero-order valence-electron chi connectivity index (χ0n) is 7.60. The van der Waals surface area contributed by atoms with Crippen LogP contribution < -0.4 is 0 Å². The third kappa shape index (κ3) is 1.81. The summed E-state index contributed by atoms with van der Waals surface area (Å²) in [6.45, 7) is 2.08. The third-order valence-electron chi connectivity index (χ3n) is 2.10. The highest BCUT2D eigenvalue weighted by Gasteiger charge is 2.09. The predicted molar refractivity (Wildman–Crippen MR) is 53.2 cm³/mol. The lowest BCUT2D eigenvalue weighted by atomic mass is 10.1. The molecule has 0 fully saturated rings. The minimum Gasteiger partial charge on any atom is -0.489 e. The highest BCUT2D eigenvalue weighted by molar-refractivity contribution is 5.28. The molecule has 1 aliphatic rings. The molecule has 1 heteroatoms. The molecule has 1 aromatic carbocycles. The van der Waals surface area contributed by atoms with E-state index in [1.165, 1.54) is 11.1 Å². The number of benzene rings is 1. The predicted octanol–water partition coefficient (Wildman–Crippen LogP) is 3.22. The van der Waals surface area contributed by atoms with E-state index >= 15 is 0 Å². The van der Waals surface area contributed by atoms with Gasteiger partial charge in [-0.25, -0.2) is 0 Å². The van der Waals surface area contributed by atoms with Crippen molar-refractivity contribution in [1.29, 1.82) is 0 Å². The summed E-state index contributed by atoms with van der Waals surface area (Å²) in [6.07, 6.45) is 5.94. The van der Waals surface area contributed by atoms with Crippen LogP contribution in [0.1, 0.15) is 18.6 Å². The lowest BCUT2D eigenvalue weighted by molar-refractivity contribution is 0.185. The van der Waals surface area contributed by atoms with Gasteiger partial charge >= 0.3 is 0 Å². The van der Waals surface area contributed by atoms with Gasteiger partial charge in [0.05, 0.1) is 6.26 Å². The molecule has 1 unspecified atom stereocenters. The van der Waals surface area contributed by atoms with Gasteiger partial charge in [-0.1, -0.05) is 30.3 Å². The highest BCUT2D eigenvalue weighted by atomic mass is 16.5. The van der Waals surface area contributed by atoms with Crippen molar-refractivity contribution in [3.05, 3.63) is 59.9 Å². The molecule has 1 heterocycles. The fraction of sp³-hybridized carbons (Fsp3) is 0.167. The van der Waals surface area contributed by atoms with E-state index in [-0.39, 0.29) is 6.10 Å². The van der Waals surface area contributed by atoms with Gasteiger partial charge in [0.15, 0.2) is 0 Å². The van der Waals surface area contributed by atoms with Crippen LogP contribution in [0.15, 0.2) is 54.3 Å². The van der Waals surface area contributed by atoms with Crippen LogP contribution in [0.3, 0.4) is 0 Å². The maximum Gasteiger partial charge on any atom is 0.142 e. The number of allylic oxidation sites excluding steroid dienone is 2. The number of hydrogen-bond donors (Lipinski definition) is 0. The zero-order chi connectivity index (χ0) is 9.10. The van der Waals surface area contributed by atoms with Crippen LogP contribution in [-0.2, 0) is 4.74 Å². The molecule has 0 spiro atoms. The van der Waals surface area contributed by atoms with Crippen LogP contribution in [0, 0.1) is 0 Å². The second-order valence-electron chi connectivity index (χ2n) is 3.18. The second-order valence-corrected chi connectivity index (χ2v) is 3.18. The Morgan fingerprint density at radius 1 is 1.15 bits per heavy atom. The molecule has 1 aromatic rings. The third-order valence-corrected chi connectivity index (χ3v) is 2.10. The highest BCUT2D eigenvalue weighted by Crippen LogP contribution is 2.23. The minimum atomic E-state index is 0.0891. The van der Waals surface area contributed by atoms with E-state index in [2.05, 4.69) is 25.1 Å². The van der Waals surface area contributed by atoms with Crippen LogP contribution in [0.2, 0.25) is 0 Å². The molecule has 2 rings (SSSR count). The van der Waals surface area contributed by atoms with E-state index in [0.29, 0.717) is 0 Å². The first kappa shape index (κ1) is 8.11. The Labute approximate surface area is 78.3 Å². The lowest BCUT2D eigenvalue weighted by Gasteiger charge is -2.16. The van der Waals surface area contributed by atoms with Gasteiger partial charge in [-0.3, -0.25) is 0 Å². The van der Waals surface area contributed by atoms with E-state index < -0.39 is 0 Å². The Morgan fingerprint density at radius 2 is 1.92 bits per heavy atom. The van der Waals surface area contributed by atoms with Crippen LogP contribution in [-0.4, -0.2) is 0 Å². The Morgan fingerprint density at radius 3 is 2.62 bits per heavy atom. The van der Waals surface area contributed by atoms with Crippen LogP contribution >= 0.6 is 0 Å². The van der Waals surface area contributed by atoms with Crippen molar-refractivity contribution in [3.63, 3.8) is 0 Å². The number of ether oxygens (including phenoxy) is 1. The lowest BCUT2D eigenvalue weighted by Crippen LogP contribution is -2.00. The standard InChI is InChI=1S/C12H12O/c1-10-7-8-13-12(9-10)11-5-3-2-4-6-11/h2-9,12H,1H3. The van der Waals surface area contributed by atoms with E-state index in [4.69, 9.17) is 4.74 Å². The summed E-state index contributed by atoms with van der Waals surface area (Å²) in [5.41, 5.74) is 2.45. The molecule has 1 atom stereocenters. The second kappa shape index (κ2) is 3.48. The van der Waals surface area contributed by atoms with Gasteiger partial charge in [-0.15, -0.1) is 0 Å². The van der Waals surface area contributed by atoms with Crippen LogP contribution in [0.25, 0.3) is 0 Å². The fourth-order valence-corrected chi connectivity index (χ4v) is 1.38. The first-order chi connectivity index (χ1) is 6.36. The smallest absolute Gasteiger partial charge is 0.142 e. The van der Waals surface area contributed by atoms with Crippen molar-refractivity contribution in [3.8, 4) is 0 Å². The van der Waals surface area contributed by atoms with E-state index in [1.807, 2.05) is 24.3 Å². The summed E-state index contributed by atoms with van der Waals surface area (Å²) in [5, 5.41) is 0. The van der Waals surface area contributed by atoms with Gasteiger partial charge in [-0.05, 0) is 30.2 Å². The quantitative estimate of drug-likeness (QED) is 0.632. The molecule has 0 aromatic heterocycles. The Balaban J connectivity index is 2.24. The van der Waals surface area contributed by atoms with Crippen molar-refractivity contribution in [2.75, 3.05) is 0 Å². The van der Waals surface area contributed by atoms with E-state index in [0.717, 1.165) is 0 Å². The summed E-state index contributed by atoms with van der Waals surface area (Å²) in [6, 6.07) is 10.2. The molecule has 0 amide bonds. The van der Waals surface area contributed by atoms with Crippen molar-refractivity contribution in [2.24, 2.45) is 0 Å². The largest absolute Gasteiger partial charge is 0.489 e. The molecule has 0 radical (unpaired) electrons. The van der Waals surface area contributed by atoms with Crippen molar-refractivity contribution in [1.82, 2.24) is 0 Å². The molecule has 0 saturated heterocycles. The summed E-state index contributed by atoms with van der Waals surface area (Å²) < 4.78 is 5.48. The Kier molecular flexibility index (Phi) is 2.17. The number of rotatable bonds is 1. The molecule has 13 heavy (non-hydrogen) atoms.